The predicted molar refractivity (Wildman–Crippen MR) is 72.5 cm³/mol. The van der Waals surface area contributed by atoms with Gasteiger partial charge in [-0.15, -0.1) is 11.3 Å². The van der Waals surface area contributed by atoms with Crippen LogP contribution in [0.3, 0.4) is 0 Å². The van der Waals surface area contributed by atoms with E-state index in [1.807, 2.05) is 17.5 Å². The maximum Gasteiger partial charge on any atom is 0.100 e. The third kappa shape index (κ3) is 2.81. The number of anilines is 1. The highest BCUT2D eigenvalue weighted by atomic mass is 35.5. The number of rotatable bonds is 3. The number of thiophene rings is 1. The van der Waals surface area contributed by atoms with Crippen molar-refractivity contribution in [1.82, 2.24) is 0 Å². The van der Waals surface area contributed by atoms with Gasteiger partial charge in [0, 0.05) is 16.8 Å². The van der Waals surface area contributed by atoms with Crippen molar-refractivity contribution in [1.29, 1.82) is 10.5 Å². The highest BCUT2D eigenvalue weighted by molar-refractivity contribution is 7.10. The number of halogens is 1. The summed E-state index contributed by atoms with van der Waals surface area (Å²) in [7, 11) is 0. The zero-order chi connectivity index (χ0) is 13.0. The highest BCUT2D eigenvalue weighted by Crippen LogP contribution is 2.24. The van der Waals surface area contributed by atoms with Gasteiger partial charge in [-0.05, 0) is 24.3 Å². The fraction of sp³-hybridized carbons (Fsp3) is 0.0769. The van der Waals surface area contributed by atoms with E-state index in [0.29, 0.717) is 22.7 Å². The Labute approximate surface area is 114 Å². The fourth-order valence-corrected chi connectivity index (χ4v) is 2.44. The molecule has 0 bridgehead atoms. The maximum absolute atomic E-state index is 8.73. The largest absolute Gasteiger partial charge is 0.379 e. The van der Waals surface area contributed by atoms with E-state index in [0.717, 1.165) is 10.6 Å². The molecule has 2 aromatic rings. The van der Waals surface area contributed by atoms with Crippen LogP contribution in [0.4, 0.5) is 5.69 Å². The van der Waals surface area contributed by atoms with Crippen molar-refractivity contribution in [3.8, 4) is 12.1 Å². The second kappa shape index (κ2) is 5.55. The van der Waals surface area contributed by atoms with E-state index >= 15 is 0 Å². The van der Waals surface area contributed by atoms with Gasteiger partial charge in [-0.3, -0.25) is 0 Å². The minimum Gasteiger partial charge on any atom is -0.379 e. The number of nitrogens with one attached hydrogen (secondary N) is 1. The molecule has 0 aliphatic carbocycles. The van der Waals surface area contributed by atoms with Crippen molar-refractivity contribution in [3.63, 3.8) is 0 Å². The van der Waals surface area contributed by atoms with Crippen LogP contribution in [0.5, 0.6) is 0 Å². The molecule has 0 aliphatic rings. The number of nitriles is 2. The van der Waals surface area contributed by atoms with E-state index in [1.165, 1.54) is 11.3 Å². The molecule has 0 saturated heterocycles. The van der Waals surface area contributed by atoms with Crippen molar-refractivity contribution in [2.45, 2.75) is 6.54 Å². The summed E-state index contributed by atoms with van der Waals surface area (Å²) in [6.07, 6.45) is 0. The van der Waals surface area contributed by atoms with Gasteiger partial charge in [0.25, 0.3) is 0 Å². The van der Waals surface area contributed by atoms with Crippen LogP contribution in [0.2, 0.25) is 5.02 Å². The highest BCUT2D eigenvalue weighted by Gasteiger charge is 2.03. The lowest BCUT2D eigenvalue weighted by atomic mass is 10.2. The Kier molecular flexibility index (Phi) is 3.84. The van der Waals surface area contributed by atoms with E-state index in [-0.39, 0.29) is 0 Å². The van der Waals surface area contributed by atoms with E-state index < -0.39 is 0 Å². The van der Waals surface area contributed by atoms with Crippen molar-refractivity contribution in [2.24, 2.45) is 0 Å². The van der Waals surface area contributed by atoms with Crippen LogP contribution in [0.1, 0.15) is 16.0 Å². The minimum absolute atomic E-state index is 0.520. The summed E-state index contributed by atoms with van der Waals surface area (Å²) in [6.45, 7) is 0.609. The first-order valence-corrected chi connectivity index (χ1v) is 6.39. The second-order valence-corrected chi connectivity index (χ2v) is 4.98. The molecule has 0 saturated carbocycles. The predicted octanol–water partition coefficient (Wildman–Crippen LogP) is 3.76. The zero-order valence-electron chi connectivity index (χ0n) is 9.27. The van der Waals surface area contributed by atoms with Crippen molar-refractivity contribution in [3.05, 3.63) is 50.7 Å². The Balaban J connectivity index is 2.07. The fourth-order valence-electron chi connectivity index (χ4n) is 1.44. The molecular formula is C13H8ClN3S. The molecule has 88 valence electrons. The number of nitrogens with zero attached hydrogens (tertiary/aromatic N) is 2. The molecule has 1 aromatic heterocycles. The molecule has 0 radical (unpaired) electrons. The van der Waals surface area contributed by atoms with Gasteiger partial charge in [-0.1, -0.05) is 11.6 Å². The van der Waals surface area contributed by atoms with Crippen LogP contribution in [0.15, 0.2) is 29.6 Å². The van der Waals surface area contributed by atoms with Gasteiger partial charge in [0.15, 0.2) is 0 Å². The monoisotopic (exact) mass is 273 g/mol. The summed E-state index contributed by atoms with van der Waals surface area (Å²) in [5, 5.41) is 23.0. The Morgan fingerprint density at radius 3 is 2.56 bits per heavy atom. The molecule has 1 heterocycles. The third-order valence-electron chi connectivity index (χ3n) is 2.33. The number of benzene rings is 1. The Hall–Kier alpha value is -2.01. The first kappa shape index (κ1) is 12.4. The molecule has 2 rings (SSSR count). The molecule has 3 nitrogen and oxygen atoms in total. The lowest BCUT2D eigenvalue weighted by Crippen LogP contribution is -1.98. The zero-order valence-corrected chi connectivity index (χ0v) is 10.8. The van der Waals surface area contributed by atoms with E-state index in [4.69, 9.17) is 22.1 Å². The summed E-state index contributed by atoms with van der Waals surface area (Å²) >= 11 is 7.57. The number of hydrogen-bond donors (Lipinski definition) is 1. The molecule has 0 fully saturated rings. The van der Waals surface area contributed by atoms with E-state index in [1.54, 1.807) is 18.2 Å². The second-order valence-electron chi connectivity index (χ2n) is 3.57. The standard InChI is InChI=1S/C13H8ClN3S/c14-12-4-9(5-15)1-2-13(12)17-7-11-3-10(6-16)8-18-11/h1-4,8,17H,7H2. The van der Waals surface area contributed by atoms with Crippen LogP contribution >= 0.6 is 22.9 Å². The van der Waals surface area contributed by atoms with Crippen molar-refractivity contribution < 1.29 is 0 Å². The summed E-state index contributed by atoms with van der Waals surface area (Å²) in [5.41, 5.74) is 1.98. The molecular weight excluding hydrogens is 266 g/mol. The van der Waals surface area contributed by atoms with Gasteiger partial charge in [0.05, 0.1) is 27.9 Å². The topological polar surface area (TPSA) is 59.6 Å². The molecule has 0 spiro atoms. The Morgan fingerprint density at radius 2 is 1.94 bits per heavy atom. The molecule has 0 atom stereocenters. The number of hydrogen-bond acceptors (Lipinski definition) is 4. The van der Waals surface area contributed by atoms with Crippen LogP contribution in [-0.4, -0.2) is 0 Å². The minimum atomic E-state index is 0.520. The van der Waals surface area contributed by atoms with Crippen LogP contribution in [-0.2, 0) is 6.54 Å². The van der Waals surface area contributed by atoms with Gasteiger partial charge in [-0.2, -0.15) is 10.5 Å². The van der Waals surface area contributed by atoms with Crippen LogP contribution in [0, 0.1) is 22.7 Å². The lowest BCUT2D eigenvalue weighted by molar-refractivity contribution is 1.19. The van der Waals surface area contributed by atoms with Gasteiger partial charge in [0.2, 0.25) is 0 Å². The summed E-state index contributed by atoms with van der Waals surface area (Å²) < 4.78 is 0. The average molecular weight is 274 g/mol. The van der Waals surface area contributed by atoms with E-state index in [2.05, 4.69) is 11.4 Å². The summed E-state index contributed by atoms with van der Waals surface area (Å²) in [4.78, 5) is 1.06. The molecule has 1 N–H and O–H groups in total. The summed E-state index contributed by atoms with van der Waals surface area (Å²) in [5.74, 6) is 0. The van der Waals surface area contributed by atoms with E-state index in [9.17, 15) is 0 Å². The SMILES string of the molecule is N#Cc1csc(CNc2ccc(C#N)cc2Cl)c1. The molecule has 5 heteroatoms. The molecule has 0 amide bonds. The van der Waals surface area contributed by atoms with Gasteiger partial charge >= 0.3 is 0 Å². The smallest absolute Gasteiger partial charge is 0.100 e. The Morgan fingerprint density at radius 1 is 1.17 bits per heavy atom. The normalized spacial score (nSPS) is 9.50. The maximum atomic E-state index is 8.73. The average Bonchev–Trinajstić information content (AvgIpc) is 2.85. The molecule has 18 heavy (non-hydrogen) atoms. The quantitative estimate of drug-likeness (QED) is 0.926. The molecule has 1 aromatic carbocycles. The van der Waals surface area contributed by atoms with Crippen molar-refractivity contribution >= 4 is 28.6 Å². The van der Waals surface area contributed by atoms with Gasteiger partial charge < -0.3 is 5.32 Å². The van der Waals surface area contributed by atoms with Gasteiger partial charge in [-0.25, -0.2) is 0 Å². The van der Waals surface area contributed by atoms with Crippen LogP contribution < -0.4 is 5.32 Å². The Bertz CT molecular complexity index is 649. The molecule has 0 aliphatic heterocycles. The third-order valence-corrected chi connectivity index (χ3v) is 3.58. The van der Waals surface area contributed by atoms with Crippen LogP contribution in [0.25, 0.3) is 0 Å². The van der Waals surface area contributed by atoms with Gasteiger partial charge in [0.1, 0.15) is 6.07 Å². The first-order chi connectivity index (χ1) is 8.72. The summed E-state index contributed by atoms with van der Waals surface area (Å²) in [6, 6.07) is 11.1. The lowest BCUT2D eigenvalue weighted by Gasteiger charge is -2.06. The first-order valence-electron chi connectivity index (χ1n) is 5.14. The van der Waals surface area contributed by atoms with Crippen molar-refractivity contribution in [2.75, 3.05) is 5.32 Å². The molecule has 0 unspecified atom stereocenters.